The van der Waals surface area contributed by atoms with Gasteiger partial charge in [0.15, 0.2) is 0 Å². The number of hydrogen-bond acceptors (Lipinski definition) is 2. The largest absolute Gasteiger partial charge is 0.494 e. The molecule has 0 N–H and O–H groups in total. The lowest BCUT2D eigenvalue weighted by Gasteiger charge is -2.33. The molecule has 1 atom stereocenters. The van der Waals surface area contributed by atoms with Gasteiger partial charge in [-0.05, 0) is 55.2 Å². The number of ketones is 1. The number of rotatable bonds is 6. The normalized spacial score (nSPS) is 20.3. The zero-order valence-electron chi connectivity index (χ0n) is 15.8. The Morgan fingerprint density at radius 3 is 2.56 bits per heavy atom. The van der Waals surface area contributed by atoms with Crippen LogP contribution in [0.15, 0.2) is 42.5 Å². The highest BCUT2D eigenvalue weighted by molar-refractivity contribution is 5.94. The van der Waals surface area contributed by atoms with Crippen LogP contribution in [0, 0.1) is 11.6 Å². The third-order valence-corrected chi connectivity index (χ3v) is 5.43. The minimum absolute atomic E-state index is 0.0378. The number of carbonyl (C=O) groups is 1. The maximum atomic E-state index is 14.7. The Morgan fingerprint density at radius 2 is 1.81 bits per heavy atom. The van der Waals surface area contributed by atoms with E-state index in [1.54, 1.807) is 0 Å². The van der Waals surface area contributed by atoms with Gasteiger partial charge in [0.2, 0.25) is 0 Å². The predicted octanol–water partition coefficient (Wildman–Crippen LogP) is 5.96. The molecule has 1 aliphatic carbocycles. The third kappa shape index (κ3) is 4.05. The van der Waals surface area contributed by atoms with E-state index in [-0.39, 0.29) is 11.3 Å². The van der Waals surface area contributed by atoms with Crippen molar-refractivity contribution < 1.29 is 18.3 Å². The van der Waals surface area contributed by atoms with E-state index in [0.29, 0.717) is 25.0 Å². The van der Waals surface area contributed by atoms with Gasteiger partial charge < -0.3 is 4.74 Å². The molecule has 3 rings (SSSR count). The first-order chi connectivity index (χ1) is 13.1. The lowest BCUT2D eigenvalue weighted by Crippen LogP contribution is -2.37. The number of hydrogen-bond donors (Lipinski definition) is 0. The lowest BCUT2D eigenvalue weighted by molar-refractivity contribution is -0.123. The van der Waals surface area contributed by atoms with Gasteiger partial charge in [-0.1, -0.05) is 38.3 Å². The Kier molecular flexibility index (Phi) is 6.25. The summed E-state index contributed by atoms with van der Waals surface area (Å²) in [7, 11) is 0. The minimum atomic E-state index is -1.13. The van der Waals surface area contributed by atoms with Crippen LogP contribution >= 0.6 is 0 Å². The quantitative estimate of drug-likeness (QED) is 0.462. The molecule has 0 radical (unpaired) electrons. The smallest absolute Gasteiger partial charge is 0.147 e. The second-order valence-corrected chi connectivity index (χ2v) is 7.24. The van der Waals surface area contributed by atoms with E-state index in [1.807, 2.05) is 24.3 Å². The van der Waals surface area contributed by atoms with E-state index in [0.717, 1.165) is 50.0 Å². The molecule has 2 nitrogen and oxygen atoms in total. The first-order valence-corrected chi connectivity index (χ1v) is 9.80. The molecule has 0 heterocycles. The molecule has 1 saturated carbocycles. The molecular weight excluding hydrogens is 346 g/mol. The summed E-state index contributed by atoms with van der Waals surface area (Å²) in [6.07, 6.45) is 5.40. The minimum Gasteiger partial charge on any atom is -0.494 e. The van der Waals surface area contributed by atoms with Gasteiger partial charge in [-0.2, -0.15) is 0 Å². The van der Waals surface area contributed by atoms with Crippen LogP contribution in [0.5, 0.6) is 5.75 Å². The van der Waals surface area contributed by atoms with E-state index in [2.05, 4.69) is 6.92 Å². The second kappa shape index (κ2) is 8.64. The topological polar surface area (TPSA) is 26.3 Å². The van der Waals surface area contributed by atoms with Crippen LogP contribution in [-0.2, 0) is 10.2 Å². The lowest BCUT2D eigenvalue weighted by atomic mass is 9.68. The van der Waals surface area contributed by atoms with Crippen LogP contribution in [0.2, 0.25) is 0 Å². The average molecular weight is 372 g/mol. The van der Waals surface area contributed by atoms with Crippen LogP contribution in [0.3, 0.4) is 0 Å². The van der Waals surface area contributed by atoms with Gasteiger partial charge in [-0.25, -0.2) is 8.78 Å². The fourth-order valence-electron chi connectivity index (χ4n) is 3.95. The molecule has 2 aromatic carbocycles. The van der Waals surface area contributed by atoms with Crippen LogP contribution in [-0.4, -0.2) is 12.4 Å². The summed E-state index contributed by atoms with van der Waals surface area (Å²) in [5, 5.41) is 0. The Morgan fingerprint density at radius 1 is 1.04 bits per heavy atom. The predicted molar refractivity (Wildman–Crippen MR) is 102 cm³/mol. The van der Waals surface area contributed by atoms with Gasteiger partial charge in [0.05, 0.1) is 12.0 Å². The third-order valence-electron chi connectivity index (χ3n) is 5.43. The van der Waals surface area contributed by atoms with Gasteiger partial charge in [0.1, 0.15) is 23.2 Å². The summed E-state index contributed by atoms with van der Waals surface area (Å²) in [6, 6.07) is 10.7. The number of ether oxygens (including phenoxy) is 1. The van der Waals surface area contributed by atoms with Gasteiger partial charge in [-0.15, -0.1) is 0 Å². The molecule has 144 valence electrons. The zero-order valence-corrected chi connectivity index (χ0v) is 15.8. The molecule has 0 bridgehead atoms. The van der Waals surface area contributed by atoms with Crippen LogP contribution in [0.25, 0.3) is 0 Å². The number of Topliss-reactive ketones (excluding diaryl/α,β-unsaturated/α-hetero) is 1. The van der Waals surface area contributed by atoms with Crippen molar-refractivity contribution in [2.24, 2.45) is 0 Å². The van der Waals surface area contributed by atoms with Gasteiger partial charge >= 0.3 is 0 Å². The number of halogens is 2. The van der Waals surface area contributed by atoms with Crippen molar-refractivity contribution in [3.8, 4) is 5.75 Å². The van der Waals surface area contributed by atoms with Gasteiger partial charge in [0, 0.05) is 12.0 Å². The van der Waals surface area contributed by atoms with Crippen molar-refractivity contribution in [3.05, 3.63) is 65.2 Å². The molecule has 2 aromatic rings. The van der Waals surface area contributed by atoms with Crippen molar-refractivity contribution in [2.75, 3.05) is 6.61 Å². The molecule has 0 aliphatic heterocycles. The Labute approximate surface area is 159 Å². The summed E-state index contributed by atoms with van der Waals surface area (Å²) in [4.78, 5) is 13.2. The molecule has 4 heteroatoms. The highest BCUT2D eigenvalue weighted by atomic mass is 19.1. The molecule has 1 fully saturated rings. The highest BCUT2D eigenvalue weighted by Crippen LogP contribution is 2.43. The Balaban J connectivity index is 2.05. The van der Waals surface area contributed by atoms with Crippen molar-refractivity contribution in [1.29, 1.82) is 0 Å². The summed E-state index contributed by atoms with van der Waals surface area (Å²) < 4.78 is 34.4. The molecule has 0 saturated heterocycles. The van der Waals surface area contributed by atoms with E-state index in [9.17, 15) is 13.6 Å². The Bertz CT molecular complexity index is 785. The standard InChI is InChI=1S/C23H26F2O2/c1-2-3-15-27-19-11-8-17(9-12-19)23(14-6-4-5-7-22(23)26)20-16-18(24)10-13-21(20)25/h8-13,16H,2-7,14-15H2,1H3. The fourth-order valence-corrected chi connectivity index (χ4v) is 3.95. The first kappa shape index (κ1) is 19.5. The maximum Gasteiger partial charge on any atom is 0.147 e. The second-order valence-electron chi connectivity index (χ2n) is 7.24. The summed E-state index contributed by atoms with van der Waals surface area (Å²) in [5.41, 5.74) is -0.277. The van der Waals surface area contributed by atoms with Crippen molar-refractivity contribution in [2.45, 2.75) is 57.3 Å². The summed E-state index contributed by atoms with van der Waals surface area (Å²) >= 11 is 0. The molecule has 27 heavy (non-hydrogen) atoms. The van der Waals surface area contributed by atoms with Crippen LogP contribution in [0.1, 0.15) is 63.0 Å². The number of carbonyl (C=O) groups excluding carboxylic acids is 1. The van der Waals surface area contributed by atoms with Crippen molar-refractivity contribution >= 4 is 5.78 Å². The highest BCUT2D eigenvalue weighted by Gasteiger charge is 2.43. The molecule has 1 unspecified atom stereocenters. The van der Waals surface area contributed by atoms with Gasteiger partial charge in [0.25, 0.3) is 0 Å². The van der Waals surface area contributed by atoms with E-state index >= 15 is 0 Å². The monoisotopic (exact) mass is 372 g/mol. The molecular formula is C23H26F2O2. The zero-order chi connectivity index (χ0) is 19.3. The molecule has 1 aliphatic rings. The van der Waals surface area contributed by atoms with Crippen molar-refractivity contribution in [1.82, 2.24) is 0 Å². The Hall–Kier alpha value is -2.23. The number of unbranched alkanes of at least 4 members (excludes halogenated alkanes) is 1. The van der Waals surface area contributed by atoms with Crippen LogP contribution < -0.4 is 4.74 Å². The fraction of sp³-hybridized carbons (Fsp3) is 0.435. The van der Waals surface area contributed by atoms with E-state index in [1.165, 1.54) is 6.07 Å². The SMILES string of the molecule is CCCCOc1ccc(C2(c3cc(F)ccc3F)CCCCCC2=O)cc1. The summed E-state index contributed by atoms with van der Waals surface area (Å²) in [6.45, 7) is 2.74. The molecule has 0 amide bonds. The number of benzene rings is 2. The molecule has 0 aromatic heterocycles. The van der Waals surface area contributed by atoms with E-state index < -0.39 is 17.0 Å². The summed E-state index contributed by atoms with van der Waals surface area (Å²) in [5.74, 6) is -0.371. The molecule has 0 spiro atoms. The van der Waals surface area contributed by atoms with E-state index in [4.69, 9.17) is 4.74 Å². The maximum absolute atomic E-state index is 14.7. The first-order valence-electron chi connectivity index (χ1n) is 9.80. The van der Waals surface area contributed by atoms with Crippen molar-refractivity contribution in [3.63, 3.8) is 0 Å². The van der Waals surface area contributed by atoms with Gasteiger partial charge in [-0.3, -0.25) is 4.79 Å². The average Bonchev–Trinajstić information content (AvgIpc) is 2.87. The van der Waals surface area contributed by atoms with Crippen LogP contribution in [0.4, 0.5) is 8.78 Å².